The van der Waals surface area contributed by atoms with E-state index in [4.69, 9.17) is 4.74 Å². The first-order valence-corrected chi connectivity index (χ1v) is 8.71. The van der Waals surface area contributed by atoms with Crippen molar-refractivity contribution in [2.45, 2.75) is 32.7 Å². The number of nitrogens with one attached hydrogen (secondary N) is 1. The lowest BCUT2D eigenvalue weighted by atomic mass is 9.75. The molecule has 3 nitrogen and oxygen atoms in total. The maximum atomic E-state index is 9.81. The van der Waals surface area contributed by atoms with Gasteiger partial charge in [0.15, 0.2) is 0 Å². The van der Waals surface area contributed by atoms with E-state index in [1.54, 1.807) is 0 Å². The number of rotatable bonds is 7. The summed E-state index contributed by atoms with van der Waals surface area (Å²) in [7, 11) is 0. The van der Waals surface area contributed by atoms with Crippen LogP contribution in [0.3, 0.4) is 0 Å². The zero-order valence-corrected chi connectivity index (χ0v) is 14.6. The molecule has 0 spiro atoms. The molecule has 3 heteroatoms. The number of hydrogen-bond donors (Lipinski definition) is 2. The minimum atomic E-state index is -0.167. The normalized spacial score (nSPS) is 15.0. The van der Waals surface area contributed by atoms with Crippen molar-refractivity contribution in [3.05, 3.63) is 65.2 Å². The monoisotopic (exact) mass is 325 g/mol. The Morgan fingerprint density at radius 2 is 1.96 bits per heavy atom. The van der Waals surface area contributed by atoms with E-state index in [-0.39, 0.29) is 17.9 Å². The average Bonchev–Trinajstić information content (AvgIpc) is 3.07. The van der Waals surface area contributed by atoms with Gasteiger partial charge in [0.2, 0.25) is 0 Å². The van der Waals surface area contributed by atoms with E-state index < -0.39 is 0 Å². The highest BCUT2D eigenvalue weighted by molar-refractivity contribution is 5.39. The van der Waals surface area contributed by atoms with Crippen LogP contribution < -0.4 is 10.1 Å². The van der Waals surface area contributed by atoms with Gasteiger partial charge < -0.3 is 15.2 Å². The van der Waals surface area contributed by atoms with Gasteiger partial charge in [-0.05, 0) is 28.2 Å². The Hall–Kier alpha value is -1.84. The molecule has 0 radical (unpaired) electrons. The van der Waals surface area contributed by atoms with Gasteiger partial charge in [-0.2, -0.15) is 0 Å². The highest BCUT2D eigenvalue weighted by Gasteiger charge is 2.29. The van der Waals surface area contributed by atoms with Gasteiger partial charge in [0.25, 0.3) is 0 Å². The molecule has 1 unspecified atom stereocenters. The summed E-state index contributed by atoms with van der Waals surface area (Å²) < 4.78 is 5.57. The van der Waals surface area contributed by atoms with E-state index in [9.17, 15) is 5.11 Å². The smallest absolute Gasteiger partial charge is 0.122 e. The molecule has 0 saturated heterocycles. The first-order chi connectivity index (χ1) is 11.6. The standard InChI is InChI=1S/C21H27NO2/c1-21(2,15-23)19(17-6-4-3-5-7-17)14-22-13-16-8-9-20-18(12-16)10-11-24-20/h3-9,12,19,22-23H,10-11,13-15H2,1-2H3. The van der Waals surface area contributed by atoms with Gasteiger partial charge in [0, 0.05) is 32.0 Å². The molecule has 1 aliphatic rings. The van der Waals surface area contributed by atoms with E-state index in [1.165, 1.54) is 16.7 Å². The number of hydrogen-bond acceptors (Lipinski definition) is 3. The largest absolute Gasteiger partial charge is 0.493 e. The SMILES string of the molecule is CC(C)(CO)C(CNCc1ccc2c(c1)CCO2)c1ccccc1. The van der Waals surface area contributed by atoms with Crippen molar-refractivity contribution in [3.8, 4) is 5.75 Å². The quantitative estimate of drug-likeness (QED) is 0.818. The van der Waals surface area contributed by atoms with Crippen molar-refractivity contribution >= 4 is 0 Å². The summed E-state index contributed by atoms with van der Waals surface area (Å²) in [5, 5.41) is 13.4. The molecular formula is C21H27NO2. The third-order valence-electron chi connectivity index (χ3n) is 4.98. The molecule has 2 aromatic carbocycles. The molecule has 2 aromatic rings. The van der Waals surface area contributed by atoms with Crippen LogP contribution in [0.5, 0.6) is 5.75 Å². The lowest BCUT2D eigenvalue weighted by molar-refractivity contribution is 0.129. The Morgan fingerprint density at radius 1 is 1.17 bits per heavy atom. The molecule has 0 aromatic heterocycles. The molecule has 0 aliphatic carbocycles. The van der Waals surface area contributed by atoms with Crippen LogP contribution in [0, 0.1) is 5.41 Å². The Morgan fingerprint density at radius 3 is 2.71 bits per heavy atom. The predicted octanol–water partition coefficient (Wildman–Crippen LogP) is 3.51. The lowest BCUT2D eigenvalue weighted by Gasteiger charge is -2.33. The number of ether oxygens (including phenoxy) is 1. The van der Waals surface area contributed by atoms with Gasteiger partial charge in [-0.1, -0.05) is 56.3 Å². The number of aliphatic hydroxyl groups excluding tert-OH is 1. The summed E-state index contributed by atoms with van der Waals surface area (Å²) in [5.41, 5.74) is 3.70. The highest BCUT2D eigenvalue weighted by atomic mass is 16.5. The second-order valence-electron chi connectivity index (χ2n) is 7.28. The van der Waals surface area contributed by atoms with Crippen LogP contribution in [-0.4, -0.2) is 24.9 Å². The highest BCUT2D eigenvalue weighted by Crippen LogP contribution is 2.34. The van der Waals surface area contributed by atoms with E-state index in [1.807, 2.05) is 6.07 Å². The van der Waals surface area contributed by atoms with Crippen LogP contribution in [0.2, 0.25) is 0 Å². The van der Waals surface area contributed by atoms with Crippen LogP contribution in [0.15, 0.2) is 48.5 Å². The summed E-state index contributed by atoms with van der Waals surface area (Å²) in [4.78, 5) is 0. The predicted molar refractivity (Wildman–Crippen MR) is 97.4 cm³/mol. The third-order valence-corrected chi connectivity index (χ3v) is 4.98. The van der Waals surface area contributed by atoms with Crippen molar-refractivity contribution in [1.29, 1.82) is 0 Å². The molecule has 0 amide bonds. The summed E-state index contributed by atoms with van der Waals surface area (Å²) >= 11 is 0. The molecule has 1 heterocycles. The molecule has 1 aliphatic heterocycles. The topological polar surface area (TPSA) is 41.5 Å². The first-order valence-electron chi connectivity index (χ1n) is 8.71. The van der Waals surface area contributed by atoms with Gasteiger partial charge in [0.1, 0.15) is 5.75 Å². The second-order valence-corrected chi connectivity index (χ2v) is 7.28. The maximum absolute atomic E-state index is 9.81. The third kappa shape index (κ3) is 3.80. The Bertz CT molecular complexity index is 667. The van der Waals surface area contributed by atoms with Crippen molar-refractivity contribution < 1.29 is 9.84 Å². The van der Waals surface area contributed by atoms with E-state index in [2.05, 4.69) is 61.6 Å². The Balaban J connectivity index is 1.66. The fraction of sp³-hybridized carbons (Fsp3) is 0.429. The molecule has 2 N–H and O–H groups in total. The number of fused-ring (bicyclic) bond motifs is 1. The molecule has 0 bridgehead atoms. The average molecular weight is 325 g/mol. The van der Waals surface area contributed by atoms with Crippen molar-refractivity contribution in [1.82, 2.24) is 5.32 Å². The van der Waals surface area contributed by atoms with Crippen molar-refractivity contribution in [3.63, 3.8) is 0 Å². The van der Waals surface area contributed by atoms with Crippen LogP contribution in [0.25, 0.3) is 0 Å². The van der Waals surface area contributed by atoms with Crippen LogP contribution in [0.1, 0.15) is 36.5 Å². The summed E-state index contributed by atoms with van der Waals surface area (Å²) in [6, 6.07) is 16.9. The molecule has 0 saturated carbocycles. The lowest BCUT2D eigenvalue weighted by Crippen LogP contribution is -2.34. The Labute approximate surface area is 144 Å². The fourth-order valence-corrected chi connectivity index (χ4v) is 3.35. The van der Waals surface area contributed by atoms with Crippen molar-refractivity contribution in [2.24, 2.45) is 5.41 Å². The fourth-order valence-electron chi connectivity index (χ4n) is 3.35. The van der Waals surface area contributed by atoms with Crippen LogP contribution in [0.4, 0.5) is 0 Å². The van der Waals surface area contributed by atoms with Gasteiger partial charge in [0.05, 0.1) is 6.61 Å². The summed E-state index contributed by atoms with van der Waals surface area (Å²) in [5.74, 6) is 1.30. The molecule has 3 rings (SSSR count). The maximum Gasteiger partial charge on any atom is 0.122 e. The molecule has 0 fully saturated rings. The summed E-state index contributed by atoms with van der Waals surface area (Å²) in [6.07, 6.45) is 1.01. The first kappa shape index (κ1) is 17.0. The van der Waals surface area contributed by atoms with Gasteiger partial charge in [-0.15, -0.1) is 0 Å². The Kier molecular flexibility index (Phi) is 5.22. The van der Waals surface area contributed by atoms with E-state index in [0.717, 1.165) is 31.9 Å². The van der Waals surface area contributed by atoms with Crippen LogP contribution in [-0.2, 0) is 13.0 Å². The van der Waals surface area contributed by atoms with Gasteiger partial charge in [-0.25, -0.2) is 0 Å². The second kappa shape index (κ2) is 7.37. The van der Waals surface area contributed by atoms with Crippen molar-refractivity contribution in [2.75, 3.05) is 19.8 Å². The number of aliphatic hydroxyl groups is 1. The van der Waals surface area contributed by atoms with Crippen LogP contribution >= 0.6 is 0 Å². The summed E-state index contributed by atoms with van der Waals surface area (Å²) in [6.45, 7) is 6.89. The number of benzene rings is 2. The minimum Gasteiger partial charge on any atom is -0.493 e. The van der Waals surface area contributed by atoms with E-state index >= 15 is 0 Å². The molecule has 1 atom stereocenters. The van der Waals surface area contributed by atoms with E-state index in [0.29, 0.717) is 0 Å². The zero-order valence-electron chi connectivity index (χ0n) is 14.6. The van der Waals surface area contributed by atoms with Gasteiger partial charge in [-0.3, -0.25) is 0 Å². The minimum absolute atomic E-state index is 0.167. The zero-order chi connectivity index (χ0) is 17.0. The molecular weight excluding hydrogens is 298 g/mol. The molecule has 24 heavy (non-hydrogen) atoms. The van der Waals surface area contributed by atoms with Gasteiger partial charge >= 0.3 is 0 Å². The molecule has 128 valence electrons.